The van der Waals surface area contributed by atoms with Crippen LogP contribution in [0.15, 0.2) is 56.2 Å². The fourth-order valence-electron chi connectivity index (χ4n) is 4.56. The summed E-state index contributed by atoms with van der Waals surface area (Å²) in [7, 11) is 0. The van der Waals surface area contributed by atoms with Gasteiger partial charge < -0.3 is 24.2 Å². The first kappa shape index (κ1) is 22.5. The van der Waals surface area contributed by atoms with Crippen LogP contribution >= 0.6 is 0 Å². The molecule has 3 N–H and O–H groups in total. The lowest BCUT2D eigenvalue weighted by molar-refractivity contribution is -0.141. The number of amides is 1. The zero-order chi connectivity index (χ0) is 24.9. The highest BCUT2D eigenvalue weighted by atomic mass is 16.4. The van der Waals surface area contributed by atoms with Gasteiger partial charge in [0.2, 0.25) is 5.91 Å². The number of carbonyl (C=O) groups excluding carboxylic acids is 1. The van der Waals surface area contributed by atoms with Gasteiger partial charge in [-0.2, -0.15) is 0 Å². The lowest BCUT2D eigenvalue weighted by Gasteiger charge is -2.15. The molecule has 8 heteroatoms. The molecule has 0 saturated heterocycles. The number of carboxylic acid groups (broad SMARTS) is 1. The van der Waals surface area contributed by atoms with Crippen LogP contribution in [0.3, 0.4) is 0 Å². The van der Waals surface area contributed by atoms with Crippen molar-refractivity contribution in [3.05, 3.63) is 81.0 Å². The lowest BCUT2D eigenvalue weighted by Crippen LogP contribution is -2.43. The van der Waals surface area contributed by atoms with Gasteiger partial charge in [0.1, 0.15) is 23.0 Å². The van der Waals surface area contributed by atoms with Gasteiger partial charge in [-0.05, 0) is 49.6 Å². The van der Waals surface area contributed by atoms with Crippen molar-refractivity contribution >= 4 is 44.7 Å². The normalized spacial score (nSPS) is 12.4. The van der Waals surface area contributed by atoms with Gasteiger partial charge in [0.15, 0.2) is 0 Å². The van der Waals surface area contributed by atoms with E-state index in [0.29, 0.717) is 22.1 Å². The number of rotatable bonds is 6. The van der Waals surface area contributed by atoms with E-state index in [9.17, 15) is 19.5 Å². The van der Waals surface area contributed by atoms with Gasteiger partial charge >= 0.3 is 11.6 Å². The SMILES string of the molecule is Cc1oc2cc3oc(=O)c(CC(=O)NC(Cc4c[nH]c5ccccc45)C(=O)O)c(C)c3cc2c1C. The fraction of sp³-hybridized carbons (Fsp3) is 0.222. The topological polar surface area (TPSA) is 126 Å². The van der Waals surface area contributed by atoms with Crippen LogP contribution in [0.4, 0.5) is 0 Å². The van der Waals surface area contributed by atoms with E-state index in [4.69, 9.17) is 8.83 Å². The average Bonchev–Trinajstić information content (AvgIpc) is 3.35. The number of nitrogens with one attached hydrogen (secondary N) is 2. The standard InChI is InChI=1S/C27H24N2O6/c1-13-15(3)34-23-11-24-19(9-18(13)23)14(2)20(27(33)35-24)10-25(30)29-22(26(31)32)8-16-12-28-21-7-5-4-6-17(16)21/h4-7,9,11-12,22,28H,8,10H2,1-3H3,(H,29,30)(H,31,32). The summed E-state index contributed by atoms with van der Waals surface area (Å²) in [6.45, 7) is 5.58. The predicted molar refractivity (Wildman–Crippen MR) is 132 cm³/mol. The number of carbonyl (C=O) groups is 2. The summed E-state index contributed by atoms with van der Waals surface area (Å²) >= 11 is 0. The average molecular weight is 472 g/mol. The van der Waals surface area contributed by atoms with E-state index in [1.54, 1.807) is 19.2 Å². The van der Waals surface area contributed by atoms with Gasteiger partial charge in [0.05, 0.1) is 12.0 Å². The van der Waals surface area contributed by atoms with Crippen LogP contribution in [0.2, 0.25) is 0 Å². The van der Waals surface area contributed by atoms with Crippen LogP contribution < -0.4 is 10.9 Å². The molecule has 0 aliphatic heterocycles. The summed E-state index contributed by atoms with van der Waals surface area (Å²) in [6.07, 6.45) is 1.56. The van der Waals surface area contributed by atoms with Crippen molar-refractivity contribution in [2.24, 2.45) is 0 Å². The summed E-state index contributed by atoms with van der Waals surface area (Å²) < 4.78 is 11.2. The Balaban J connectivity index is 1.42. The molecule has 0 radical (unpaired) electrons. The number of fused-ring (bicyclic) bond motifs is 3. The van der Waals surface area contributed by atoms with E-state index in [2.05, 4.69) is 10.3 Å². The number of furan rings is 1. The Morgan fingerprint density at radius 3 is 2.49 bits per heavy atom. The summed E-state index contributed by atoms with van der Waals surface area (Å²) in [6, 6.07) is 9.98. The molecule has 0 saturated carbocycles. The minimum absolute atomic E-state index is 0.105. The number of H-pyrrole nitrogens is 1. The Morgan fingerprint density at radius 2 is 1.71 bits per heavy atom. The van der Waals surface area contributed by atoms with E-state index < -0.39 is 23.5 Å². The molecule has 5 aromatic rings. The molecule has 0 aliphatic rings. The number of aryl methyl sites for hydroxylation is 3. The highest BCUT2D eigenvalue weighted by Gasteiger charge is 2.24. The molecular weight excluding hydrogens is 448 g/mol. The molecule has 3 heterocycles. The number of aliphatic carboxylic acids is 1. The number of benzene rings is 2. The van der Waals surface area contributed by atoms with Crippen molar-refractivity contribution in [3.8, 4) is 0 Å². The molecule has 0 spiro atoms. The second-order valence-corrected chi connectivity index (χ2v) is 8.82. The van der Waals surface area contributed by atoms with Gasteiger partial charge in [0.25, 0.3) is 0 Å². The van der Waals surface area contributed by atoms with Crippen LogP contribution in [0.25, 0.3) is 32.8 Å². The Kier molecular flexibility index (Phi) is 5.43. The van der Waals surface area contributed by atoms with Crippen LogP contribution in [-0.2, 0) is 22.4 Å². The maximum atomic E-state index is 12.9. The molecule has 8 nitrogen and oxygen atoms in total. The van der Waals surface area contributed by atoms with Gasteiger partial charge in [-0.1, -0.05) is 18.2 Å². The summed E-state index contributed by atoms with van der Waals surface area (Å²) in [5, 5.41) is 14.8. The Morgan fingerprint density at radius 1 is 1.00 bits per heavy atom. The zero-order valence-electron chi connectivity index (χ0n) is 19.5. The molecule has 35 heavy (non-hydrogen) atoms. The molecule has 1 unspecified atom stereocenters. The second kappa shape index (κ2) is 8.47. The van der Waals surface area contributed by atoms with Gasteiger partial charge in [-0.3, -0.25) is 4.79 Å². The van der Waals surface area contributed by atoms with E-state index >= 15 is 0 Å². The van der Waals surface area contributed by atoms with Gasteiger partial charge in [-0.15, -0.1) is 0 Å². The second-order valence-electron chi connectivity index (χ2n) is 8.82. The monoisotopic (exact) mass is 472 g/mol. The van der Waals surface area contributed by atoms with E-state index in [0.717, 1.165) is 33.2 Å². The first-order valence-electron chi connectivity index (χ1n) is 11.3. The third kappa shape index (κ3) is 3.97. The number of aromatic nitrogens is 1. The first-order valence-corrected chi connectivity index (χ1v) is 11.3. The Bertz CT molecular complexity index is 1690. The molecule has 178 valence electrons. The van der Waals surface area contributed by atoms with Crippen LogP contribution in [-0.4, -0.2) is 28.0 Å². The van der Waals surface area contributed by atoms with Gasteiger partial charge in [0, 0.05) is 40.4 Å². The highest BCUT2D eigenvalue weighted by molar-refractivity contribution is 5.97. The molecule has 5 rings (SSSR count). The number of hydrogen-bond donors (Lipinski definition) is 3. The van der Waals surface area contributed by atoms with Crippen LogP contribution in [0, 0.1) is 20.8 Å². The zero-order valence-corrected chi connectivity index (χ0v) is 19.5. The third-order valence-corrected chi connectivity index (χ3v) is 6.65. The molecular formula is C27H24N2O6. The maximum absolute atomic E-state index is 12.9. The Hall–Kier alpha value is -4.33. The Labute approximate surface area is 199 Å². The minimum Gasteiger partial charge on any atom is -0.480 e. The number of para-hydroxylation sites is 1. The molecule has 3 aromatic heterocycles. The minimum atomic E-state index is -1.15. The fourth-order valence-corrected chi connectivity index (χ4v) is 4.56. The van der Waals surface area contributed by atoms with E-state index in [1.807, 2.05) is 44.2 Å². The van der Waals surface area contributed by atoms with Crippen molar-refractivity contribution in [2.45, 2.75) is 39.7 Å². The summed E-state index contributed by atoms with van der Waals surface area (Å²) in [5.41, 5.74) is 3.85. The van der Waals surface area contributed by atoms with Crippen molar-refractivity contribution in [1.82, 2.24) is 10.3 Å². The number of aromatic amines is 1. The number of carboxylic acids is 1. The highest BCUT2D eigenvalue weighted by Crippen LogP contribution is 2.31. The van der Waals surface area contributed by atoms with Crippen LogP contribution in [0.5, 0.6) is 0 Å². The molecule has 0 fully saturated rings. The lowest BCUT2D eigenvalue weighted by atomic mass is 10.0. The van der Waals surface area contributed by atoms with Crippen molar-refractivity contribution in [1.29, 1.82) is 0 Å². The number of hydrogen-bond acceptors (Lipinski definition) is 5. The third-order valence-electron chi connectivity index (χ3n) is 6.65. The smallest absolute Gasteiger partial charge is 0.340 e. The van der Waals surface area contributed by atoms with E-state index in [1.165, 1.54) is 0 Å². The molecule has 0 aliphatic carbocycles. The molecule has 1 amide bonds. The van der Waals surface area contributed by atoms with Crippen LogP contribution in [0.1, 0.15) is 28.0 Å². The first-order chi connectivity index (χ1) is 16.7. The quantitative estimate of drug-likeness (QED) is 0.316. The molecule has 1 atom stereocenters. The van der Waals surface area contributed by atoms with Crippen molar-refractivity contribution in [2.75, 3.05) is 0 Å². The summed E-state index contributed by atoms with van der Waals surface area (Å²) in [4.78, 5) is 40.6. The van der Waals surface area contributed by atoms with Crippen molar-refractivity contribution < 1.29 is 23.5 Å². The summed E-state index contributed by atoms with van der Waals surface area (Å²) in [5.74, 6) is -0.938. The predicted octanol–water partition coefficient (Wildman–Crippen LogP) is 4.30. The van der Waals surface area contributed by atoms with Gasteiger partial charge in [-0.25, -0.2) is 9.59 Å². The molecule has 0 bridgehead atoms. The largest absolute Gasteiger partial charge is 0.480 e. The molecule has 2 aromatic carbocycles. The van der Waals surface area contributed by atoms with E-state index in [-0.39, 0.29) is 18.4 Å². The maximum Gasteiger partial charge on any atom is 0.340 e. The van der Waals surface area contributed by atoms with Crippen molar-refractivity contribution in [3.63, 3.8) is 0 Å².